The molecule has 1 rings (SSSR count). The SMILES string of the molecule is COc1ccc(N(CC=C(C)C)C(=C(F)F)[Si](C)(C)C)cc1. The summed E-state index contributed by atoms with van der Waals surface area (Å²) in [6.45, 7) is 10.2. The Morgan fingerprint density at radius 1 is 1.14 bits per heavy atom. The molecular weight excluding hydrogens is 300 g/mol. The third-order valence-corrected chi connectivity index (χ3v) is 5.11. The molecule has 0 radical (unpaired) electrons. The van der Waals surface area contributed by atoms with Gasteiger partial charge in [0.05, 0.1) is 12.4 Å². The predicted molar refractivity (Wildman–Crippen MR) is 92.4 cm³/mol. The fourth-order valence-electron chi connectivity index (χ4n) is 2.15. The number of anilines is 1. The van der Waals surface area contributed by atoms with Gasteiger partial charge in [-0.2, -0.15) is 8.78 Å². The predicted octanol–water partition coefficient (Wildman–Crippen LogP) is 5.45. The van der Waals surface area contributed by atoms with Crippen molar-refractivity contribution >= 4 is 13.8 Å². The van der Waals surface area contributed by atoms with Gasteiger partial charge in [0.25, 0.3) is 6.08 Å². The molecule has 0 atom stereocenters. The molecular formula is C17H25F2NOSi. The molecule has 5 heteroatoms. The summed E-state index contributed by atoms with van der Waals surface area (Å²) in [6.07, 6.45) is 0.380. The van der Waals surface area contributed by atoms with E-state index < -0.39 is 14.2 Å². The fourth-order valence-corrected chi connectivity index (χ4v) is 3.75. The monoisotopic (exact) mass is 325 g/mol. The Morgan fingerprint density at radius 2 is 1.68 bits per heavy atom. The maximum absolute atomic E-state index is 13.6. The van der Waals surface area contributed by atoms with Crippen molar-refractivity contribution in [2.45, 2.75) is 33.5 Å². The van der Waals surface area contributed by atoms with Crippen molar-refractivity contribution in [3.63, 3.8) is 0 Å². The molecule has 122 valence electrons. The molecule has 0 saturated carbocycles. The van der Waals surface area contributed by atoms with Crippen LogP contribution in [0.15, 0.2) is 47.3 Å². The van der Waals surface area contributed by atoms with E-state index in [2.05, 4.69) is 0 Å². The molecule has 0 N–H and O–H groups in total. The molecule has 0 spiro atoms. The molecule has 0 heterocycles. The van der Waals surface area contributed by atoms with Gasteiger partial charge in [-0.3, -0.25) is 0 Å². The first-order valence-electron chi connectivity index (χ1n) is 7.27. The maximum atomic E-state index is 13.6. The van der Waals surface area contributed by atoms with Crippen LogP contribution in [0.4, 0.5) is 14.5 Å². The molecule has 1 aromatic carbocycles. The third kappa shape index (κ3) is 4.98. The van der Waals surface area contributed by atoms with Crippen molar-refractivity contribution in [1.82, 2.24) is 0 Å². The van der Waals surface area contributed by atoms with Crippen LogP contribution < -0.4 is 9.64 Å². The highest BCUT2D eigenvalue weighted by atomic mass is 28.3. The minimum atomic E-state index is -2.19. The third-order valence-electron chi connectivity index (χ3n) is 3.23. The minimum absolute atomic E-state index is 0.176. The zero-order valence-electron chi connectivity index (χ0n) is 14.2. The van der Waals surface area contributed by atoms with Crippen molar-refractivity contribution in [1.29, 1.82) is 0 Å². The van der Waals surface area contributed by atoms with Crippen LogP contribution in [0.3, 0.4) is 0 Å². The molecule has 0 aromatic heterocycles. The number of halogens is 2. The van der Waals surface area contributed by atoms with Gasteiger partial charge < -0.3 is 9.64 Å². The molecule has 22 heavy (non-hydrogen) atoms. The first kappa shape index (κ1) is 18.4. The van der Waals surface area contributed by atoms with Gasteiger partial charge in [-0.1, -0.05) is 31.3 Å². The summed E-state index contributed by atoms with van der Waals surface area (Å²) in [7, 11) is -0.607. The Hall–Kier alpha value is -1.62. The second kappa shape index (κ2) is 7.58. The van der Waals surface area contributed by atoms with Gasteiger partial charge in [-0.15, -0.1) is 0 Å². The first-order chi connectivity index (χ1) is 10.2. The zero-order chi connectivity index (χ0) is 16.9. The molecule has 0 amide bonds. The van der Waals surface area contributed by atoms with Gasteiger partial charge in [0.2, 0.25) is 0 Å². The number of methoxy groups -OCH3 is 1. The highest BCUT2D eigenvalue weighted by Crippen LogP contribution is 2.30. The normalized spacial score (nSPS) is 10.9. The number of rotatable bonds is 6. The lowest BCUT2D eigenvalue weighted by Gasteiger charge is -2.33. The number of allylic oxidation sites excluding steroid dienone is 1. The lowest BCUT2D eigenvalue weighted by Crippen LogP contribution is -2.38. The summed E-state index contributed by atoms with van der Waals surface area (Å²) in [6, 6.07) is 7.23. The summed E-state index contributed by atoms with van der Waals surface area (Å²) >= 11 is 0. The van der Waals surface area contributed by atoms with Crippen LogP contribution in [0.25, 0.3) is 0 Å². The lowest BCUT2D eigenvalue weighted by atomic mass is 10.2. The number of benzene rings is 1. The van der Waals surface area contributed by atoms with Gasteiger partial charge in [-0.05, 0) is 38.1 Å². The fraction of sp³-hybridized carbons (Fsp3) is 0.412. The Morgan fingerprint density at radius 3 is 2.05 bits per heavy atom. The highest BCUT2D eigenvalue weighted by Gasteiger charge is 2.30. The van der Waals surface area contributed by atoms with Crippen LogP contribution in [0.1, 0.15) is 13.8 Å². The van der Waals surface area contributed by atoms with Crippen LogP contribution in [-0.2, 0) is 0 Å². The van der Waals surface area contributed by atoms with Crippen LogP contribution >= 0.6 is 0 Å². The van der Waals surface area contributed by atoms with E-state index in [1.165, 1.54) is 0 Å². The van der Waals surface area contributed by atoms with Crippen molar-refractivity contribution in [3.8, 4) is 5.75 Å². The molecule has 0 fully saturated rings. The number of ether oxygens (including phenoxy) is 1. The van der Waals surface area contributed by atoms with Gasteiger partial charge in [-0.25, -0.2) is 0 Å². The summed E-state index contributed by atoms with van der Waals surface area (Å²) in [5.41, 5.74) is 1.86. The smallest absolute Gasteiger partial charge is 0.285 e. The quantitative estimate of drug-likeness (QED) is 0.509. The Balaban J connectivity index is 3.33. The summed E-state index contributed by atoms with van der Waals surface area (Å²) < 4.78 is 32.4. The van der Waals surface area contributed by atoms with E-state index in [1.54, 1.807) is 24.1 Å². The Bertz CT molecular complexity index is 551. The van der Waals surface area contributed by atoms with E-state index in [0.29, 0.717) is 12.3 Å². The van der Waals surface area contributed by atoms with Crippen molar-refractivity contribution in [2.24, 2.45) is 0 Å². The van der Waals surface area contributed by atoms with E-state index in [0.717, 1.165) is 11.3 Å². The molecule has 0 saturated heterocycles. The largest absolute Gasteiger partial charge is 0.497 e. The Kier molecular flexibility index (Phi) is 6.35. The maximum Gasteiger partial charge on any atom is 0.285 e. The number of nitrogens with zero attached hydrogens (tertiary/aromatic N) is 1. The van der Waals surface area contributed by atoms with Crippen LogP contribution in [0, 0.1) is 0 Å². The molecule has 1 aromatic rings. The molecule has 0 aliphatic heterocycles. The van der Waals surface area contributed by atoms with E-state index in [1.807, 2.05) is 51.7 Å². The molecule has 0 unspecified atom stereocenters. The number of hydrogen-bond acceptors (Lipinski definition) is 2. The average Bonchev–Trinajstić information content (AvgIpc) is 2.41. The number of hydrogen-bond donors (Lipinski definition) is 0. The van der Waals surface area contributed by atoms with Crippen molar-refractivity contribution in [2.75, 3.05) is 18.6 Å². The van der Waals surface area contributed by atoms with Gasteiger partial charge in [0.15, 0.2) is 0 Å². The van der Waals surface area contributed by atoms with E-state index in [-0.39, 0.29) is 5.32 Å². The second-order valence-corrected chi connectivity index (χ2v) is 11.4. The second-order valence-electron chi connectivity index (χ2n) is 6.45. The van der Waals surface area contributed by atoms with Crippen molar-refractivity contribution in [3.05, 3.63) is 47.3 Å². The summed E-state index contributed by atoms with van der Waals surface area (Å²) in [4.78, 5) is 1.72. The van der Waals surface area contributed by atoms with Crippen LogP contribution in [-0.4, -0.2) is 21.7 Å². The zero-order valence-corrected chi connectivity index (χ0v) is 15.2. The van der Waals surface area contributed by atoms with Crippen LogP contribution in [0.5, 0.6) is 5.75 Å². The van der Waals surface area contributed by atoms with E-state index in [4.69, 9.17) is 4.74 Å². The van der Waals surface area contributed by atoms with E-state index in [9.17, 15) is 8.78 Å². The van der Waals surface area contributed by atoms with Crippen molar-refractivity contribution < 1.29 is 13.5 Å². The molecule has 0 bridgehead atoms. The van der Waals surface area contributed by atoms with Gasteiger partial charge in [0.1, 0.15) is 13.8 Å². The minimum Gasteiger partial charge on any atom is -0.497 e. The highest BCUT2D eigenvalue weighted by molar-refractivity contribution is 6.83. The van der Waals surface area contributed by atoms with Crippen LogP contribution in [0.2, 0.25) is 19.6 Å². The van der Waals surface area contributed by atoms with E-state index >= 15 is 0 Å². The average molecular weight is 325 g/mol. The standard InChI is InChI=1S/C17H25F2NOSi/c1-13(2)11-12-20(17(16(18)19)22(4,5)6)14-7-9-15(21-3)10-8-14/h7-11H,12H2,1-6H3. The Labute approximate surface area is 133 Å². The molecule has 0 aliphatic rings. The molecule has 2 nitrogen and oxygen atoms in total. The lowest BCUT2D eigenvalue weighted by molar-refractivity contribution is 0.413. The first-order valence-corrected chi connectivity index (χ1v) is 10.8. The molecule has 0 aliphatic carbocycles. The van der Waals surface area contributed by atoms with Gasteiger partial charge in [0, 0.05) is 12.2 Å². The van der Waals surface area contributed by atoms with Gasteiger partial charge >= 0.3 is 0 Å². The topological polar surface area (TPSA) is 12.5 Å². The summed E-state index contributed by atoms with van der Waals surface area (Å²) in [5.74, 6) is 0.713. The summed E-state index contributed by atoms with van der Waals surface area (Å²) in [5, 5.41) is 0.176.